The van der Waals surface area contributed by atoms with Gasteiger partial charge in [-0.3, -0.25) is 0 Å². The fraction of sp³-hybridized carbons (Fsp3) is 0.900. The number of halogens is 1. The average molecular weight is 234 g/mol. The van der Waals surface area contributed by atoms with Gasteiger partial charge in [0.1, 0.15) is 11.8 Å². The molecule has 0 aliphatic carbocycles. The highest BCUT2D eigenvalue weighted by Crippen LogP contribution is 2.25. The lowest BCUT2D eigenvalue weighted by atomic mass is 9.86. The van der Waals surface area contributed by atoms with Gasteiger partial charge in [0, 0.05) is 13.1 Å². The molecule has 1 rings (SSSR count). The van der Waals surface area contributed by atoms with E-state index in [4.69, 9.17) is 15.6 Å². The molecule has 0 aromatic rings. The summed E-state index contributed by atoms with van der Waals surface area (Å²) in [6, 6.07) is 0. The lowest BCUT2D eigenvalue weighted by Gasteiger charge is -2.48. The largest absolute Gasteiger partial charge is 0.444 e. The van der Waals surface area contributed by atoms with Gasteiger partial charge in [0.2, 0.25) is 0 Å². The Labute approximate surface area is 94.4 Å². The van der Waals surface area contributed by atoms with Crippen molar-refractivity contribution in [2.75, 3.05) is 19.7 Å². The fourth-order valence-electron chi connectivity index (χ4n) is 1.50. The van der Waals surface area contributed by atoms with Gasteiger partial charge in [-0.15, -0.1) is 0 Å². The van der Waals surface area contributed by atoms with Crippen molar-refractivity contribution in [3.8, 4) is 0 Å². The molecule has 0 aromatic heterocycles. The Balaban J connectivity index is 2.44. The van der Waals surface area contributed by atoms with Crippen LogP contribution in [0.15, 0.2) is 0 Å². The third-order valence-corrected chi connectivity index (χ3v) is 2.41. The number of nitrogens with zero attached hydrogens (tertiary/aromatic N) is 1. The van der Waals surface area contributed by atoms with E-state index in [0.29, 0.717) is 0 Å². The van der Waals surface area contributed by atoms with Crippen molar-refractivity contribution in [3.63, 3.8) is 0 Å². The van der Waals surface area contributed by atoms with Crippen LogP contribution >= 0.6 is 0 Å². The second-order valence-electron chi connectivity index (χ2n) is 5.22. The number of hydrogen-bond acceptors (Lipinski definition) is 4. The van der Waals surface area contributed by atoms with E-state index in [1.54, 1.807) is 20.8 Å². The van der Waals surface area contributed by atoms with Crippen molar-refractivity contribution in [2.45, 2.75) is 38.1 Å². The topological polar surface area (TPSA) is 75.8 Å². The zero-order valence-corrected chi connectivity index (χ0v) is 9.86. The minimum absolute atomic E-state index is 0.0731. The molecule has 6 heteroatoms. The lowest BCUT2D eigenvalue weighted by molar-refractivity contribution is -0.0356. The Hall–Kier alpha value is -0.880. The number of rotatable bonds is 2. The van der Waals surface area contributed by atoms with E-state index >= 15 is 0 Å². The van der Waals surface area contributed by atoms with E-state index < -0.39 is 30.0 Å². The Bertz CT molecular complexity index is 272. The van der Waals surface area contributed by atoms with Crippen LogP contribution in [0.25, 0.3) is 0 Å². The second kappa shape index (κ2) is 4.18. The van der Waals surface area contributed by atoms with Crippen LogP contribution < -0.4 is 5.73 Å². The monoisotopic (exact) mass is 234 g/mol. The van der Waals surface area contributed by atoms with Gasteiger partial charge >= 0.3 is 6.09 Å². The smallest absolute Gasteiger partial charge is 0.410 e. The molecule has 1 amide bonds. The molecule has 1 atom stereocenters. The van der Waals surface area contributed by atoms with E-state index in [2.05, 4.69) is 0 Å². The number of hydrogen-bond donors (Lipinski definition) is 2. The normalized spacial score (nSPS) is 21.2. The standard InChI is InChI=1S/C10H19FN2O3/c1-9(2,3)16-8(15)13-5-10(12,6-13)7(11)4-14/h7,14H,4-6,12H2,1-3H3. The van der Waals surface area contributed by atoms with E-state index in [1.165, 1.54) is 4.90 Å². The van der Waals surface area contributed by atoms with Gasteiger partial charge in [-0.2, -0.15) is 0 Å². The van der Waals surface area contributed by atoms with E-state index in [0.717, 1.165) is 0 Å². The Kier molecular flexibility index (Phi) is 3.44. The van der Waals surface area contributed by atoms with Crippen LogP contribution in [0, 0.1) is 0 Å². The molecule has 5 nitrogen and oxygen atoms in total. The zero-order valence-electron chi connectivity index (χ0n) is 9.86. The maximum absolute atomic E-state index is 13.2. The number of nitrogens with two attached hydrogens (primary N) is 1. The maximum atomic E-state index is 13.2. The first kappa shape index (κ1) is 13.2. The van der Waals surface area contributed by atoms with Crippen LogP contribution in [0.5, 0.6) is 0 Å². The average Bonchev–Trinajstić information content (AvgIpc) is 2.08. The first-order valence-electron chi connectivity index (χ1n) is 5.20. The first-order valence-corrected chi connectivity index (χ1v) is 5.20. The predicted molar refractivity (Wildman–Crippen MR) is 56.7 cm³/mol. The van der Waals surface area contributed by atoms with Crippen LogP contribution in [0.1, 0.15) is 20.8 Å². The highest BCUT2D eigenvalue weighted by Gasteiger charge is 2.49. The summed E-state index contributed by atoms with van der Waals surface area (Å²) in [5, 5.41) is 8.66. The fourth-order valence-corrected chi connectivity index (χ4v) is 1.50. The van der Waals surface area contributed by atoms with Gasteiger partial charge < -0.3 is 20.5 Å². The third-order valence-electron chi connectivity index (χ3n) is 2.41. The molecule has 1 unspecified atom stereocenters. The molecule has 1 fully saturated rings. The molecule has 0 radical (unpaired) electrons. The van der Waals surface area contributed by atoms with Gasteiger partial charge in [0.25, 0.3) is 0 Å². The minimum atomic E-state index is -1.51. The molecule has 0 aromatic carbocycles. The third kappa shape index (κ3) is 2.82. The predicted octanol–water partition coefficient (Wildman–Crippen LogP) is 0.265. The number of aliphatic hydroxyl groups is 1. The molecular weight excluding hydrogens is 215 g/mol. The highest BCUT2D eigenvalue weighted by atomic mass is 19.1. The van der Waals surface area contributed by atoms with Crippen molar-refractivity contribution in [1.82, 2.24) is 4.90 Å². The summed E-state index contributed by atoms with van der Waals surface area (Å²) in [6.07, 6.45) is -2.01. The number of aliphatic hydroxyl groups excluding tert-OH is 1. The van der Waals surface area contributed by atoms with Crippen LogP contribution in [0.2, 0.25) is 0 Å². The number of amides is 1. The molecule has 3 N–H and O–H groups in total. The molecule has 1 aliphatic rings. The molecule has 94 valence electrons. The van der Waals surface area contributed by atoms with Crippen LogP contribution in [0.4, 0.5) is 9.18 Å². The number of carbonyl (C=O) groups excluding carboxylic acids is 1. The summed E-state index contributed by atoms with van der Waals surface area (Å²) >= 11 is 0. The van der Waals surface area contributed by atoms with Crippen molar-refractivity contribution in [2.24, 2.45) is 5.73 Å². The summed E-state index contributed by atoms with van der Waals surface area (Å²) in [4.78, 5) is 12.8. The molecule has 1 heterocycles. The molecular formula is C10H19FN2O3. The van der Waals surface area contributed by atoms with Crippen LogP contribution in [-0.2, 0) is 4.74 Å². The van der Waals surface area contributed by atoms with Gasteiger partial charge in [-0.05, 0) is 20.8 Å². The molecule has 0 saturated carbocycles. The van der Waals surface area contributed by atoms with Crippen LogP contribution in [-0.4, -0.2) is 53.1 Å². The summed E-state index contributed by atoms with van der Waals surface area (Å²) in [7, 11) is 0. The Morgan fingerprint density at radius 3 is 2.50 bits per heavy atom. The van der Waals surface area contributed by atoms with E-state index in [1.807, 2.05) is 0 Å². The first-order chi connectivity index (χ1) is 7.18. The van der Waals surface area contributed by atoms with E-state index in [-0.39, 0.29) is 13.1 Å². The molecule has 16 heavy (non-hydrogen) atoms. The summed E-state index contributed by atoms with van der Waals surface area (Å²) in [5.41, 5.74) is 3.96. The van der Waals surface area contributed by atoms with Gasteiger partial charge in [0.15, 0.2) is 0 Å². The van der Waals surface area contributed by atoms with Crippen molar-refractivity contribution in [1.29, 1.82) is 0 Å². The van der Waals surface area contributed by atoms with Crippen LogP contribution in [0.3, 0.4) is 0 Å². The van der Waals surface area contributed by atoms with E-state index in [9.17, 15) is 9.18 Å². The lowest BCUT2D eigenvalue weighted by Crippen LogP contribution is -2.73. The zero-order chi connectivity index (χ0) is 12.6. The summed E-state index contributed by atoms with van der Waals surface area (Å²) in [5.74, 6) is 0. The van der Waals surface area contributed by atoms with Gasteiger partial charge in [0.05, 0.1) is 12.1 Å². The number of carbonyl (C=O) groups is 1. The minimum Gasteiger partial charge on any atom is -0.444 e. The van der Waals surface area contributed by atoms with Gasteiger partial charge in [-0.25, -0.2) is 9.18 Å². The number of alkyl halides is 1. The summed E-state index contributed by atoms with van der Waals surface area (Å²) in [6.45, 7) is 4.79. The number of ether oxygens (including phenoxy) is 1. The quantitative estimate of drug-likeness (QED) is 0.719. The molecule has 0 bridgehead atoms. The second-order valence-corrected chi connectivity index (χ2v) is 5.22. The van der Waals surface area contributed by atoms with Crippen molar-refractivity contribution < 1.29 is 19.0 Å². The SMILES string of the molecule is CC(C)(C)OC(=O)N1CC(N)(C(F)CO)C1. The Morgan fingerprint density at radius 2 is 2.12 bits per heavy atom. The van der Waals surface area contributed by atoms with Gasteiger partial charge in [-0.1, -0.05) is 0 Å². The molecule has 1 saturated heterocycles. The highest BCUT2D eigenvalue weighted by molar-refractivity contribution is 5.69. The van der Waals surface area contributed by atoms with Crippen molar-refractivity contribution >= 4 is 6.09 Å². The maximum Gasteiger partial charge on any atom is 0.410 e. The number of likely N-dealkylation sites (tertiary alicyclic amines) is 1. The summed E-state index contributed by atoms with van der Waals surface area (Å²) < 4.78 is 18.3. The molecule has 1 aliphatic heterocycles. The van der Waals surface area contributed by atoms with Crippen molar-refractivity contribution in [3.05, 3.63) is 0 Å². The Morgan fingerprint density at radius 1 is 1.62 bits per heavy atom. The molecule has 0 spiro atoms.